The Hall–Kier alpha value is -3.79. The Morgan fingerprint density at radius 2 is 0.877 bits per heavy atom. The van der Waals surface area contributed by atoms with Crippen LogP contribution in [0.4, 0.5) is 0 Å². The third-order valence-corrected chi connectivity index (χ3v) is 10.3. The van der Waals surface area contributed by atoms with Crippen molar-refractivity contribution in [2.45, 2.75) is 193 Å². The second kappa shape index (κ2) is 46.7. The number of quaternary nitrogens is 1. The molecule has 0 saturated heterocycles. The molecule has 65 heavy (non-hydrogen) atoms. The predicted octanol–water partition coefficient (Wildman–Crippen LogP) is 12.9. The van der Waals surface area contributed by atoms with Crippen LogP contribution in [0.25, 0.3) is 0 Å². The van der Waals surface area contributed by atoms with Gasteiger partial charge in [0.2, 0.25) is 0 Å². The van der Waals surface area contributed by atoms with Gasteiger partial charge in [-0.2, -0.15) is 0 Å². The van der Waals surface area contributed by atoms with Crippen molar-refractivity contribution in [1.82, 2.24) is 0 Å². The summed E-state index contributed by atoms with van der Waals surface area (Å²) in [7, 11) is 5.89. The monoisotopic (exact) mass is 908 g/mol. The van der Waals surface area contributed by atoms with E-state index in [1.54, 1.807) is 0 Å². The highest BCUT2D eigenvalue weighted by Crippen LogP contribution is 2.13. The zero-order chi connectivity index (χ0) is 47.7. The molecule has 0 aromatic heterocycles. The number of hydrogen-bond donors (Lipinski definition) is 0. The van der Waals surface area contributed by atoms with Crippen LogP contribution in [0.5, 0.6) is 0 Å². The molecule has 0 rings (SSSR count). The molecule has 9 nitrogen and oxygen atoms in total. The summed E-state index contributed by atoms with van der Waals surface area (Å²) in [6.45, 7) is 4.54. The smallest absolute Gasteiger partial charge is 0.306 e. The summed E-state index contributed by atoms with van der Waals surface area (Å²) in [5.74, 6) is -2.33. The molecule has 0 saturated carbocycles. The average molecular weight is 908 g/mol. The Kier molecular flexibility index (Phi) is 44.0. The normalized spacial score (nSPS) is 13.7. The molecule has 0 heterocycles. The molecule has 0 amide bonds. The lowest BCUT2D eigenvalue weighted by molar-refractivity contribution is -0.870. The summed E-state index contributed by atoms with van der Waals surface area (Å²) < 4.78 is 22.5. The van der Waals surface area contributed by atoms with Crippen molar-refractivity contribution >= 4 is 17.9 Å². The van der Waals surface area contributed by atoms with Gasteiger partial charge in [0.25, 0.3) is 0 Å². The van der Waals surface area contributed by atoms with Crippen molar-refractivity contribution in [3.05, 3.63) is 97.2 Å². The Labute approximate surface area is 397 Å². The second-order valence-corrected chi connectivity index (χ2v) is 17.7. The molecular weight excluding hydrogens is 815 g/mol. The van der Waals surface area contributed by atoms with E-state index in [2.05, 4.69) is 111 Å². The number of allylic oxidation sites excluding steroid dienone is 16. The minimum absolute atomic E-state index is 0.139. The van der Waals surface area contributed by atoms with Gasteiger partial charge < -0.3 is 33.3 Å². The highest BCUT2D eigenvalue weighted by atomic mass is 16.7. The van der Waals surface area contributed by atoms with Crippen molar-refractivity contribution in [3.8, 4) is 0 Å². The number of carboxylic acids is 1. The molecule has 370 valence electrons. The van der Waals surface area contributed by atoms with E-state index in [1.165, 1.54) is 32.1 Å². The van der Waals surface area contributed by atoms with Gasteiger partial charge in [-0.3, -0.25) is 9.59 Å². The molecule has 0 aromatic rings. The summed E-state index contributed by atoms with van der Waals surface area (Å²) in [6, 6.07) is 0. The van der Waals surface area contributed by atoms with Gasteiger partial charge in [-0.25, -0.2) is 0 Å². The van der Waals surface area contributed by atoms with Gasteiger partial charge in [0, 0.05) is 12.8 Å². The van der Waals surface area contributed by atoms with E-state index < -0.39 is 24.3 Å². The first kappa shape index (κ1) is 61.2. The first-order valence-corrected chi connectivity index (χ1v) is 25.4. The lowest BCUT2D eigenvalue weighted by atomic mass is 10.1. The third-order valence-electron chi connectivity index (χ3n) is 10.3. The molecule has 0 bridgehead atoms. The molecule has 0 fully saturated rings. The zero-order valence-electron chi connectivity index (χ0n) is 41.8. The number of ether oxygens (including phenoxy) is 4. The molecule has 0 aliphatic carbocycles. The third kappa shape index (κ3) is 48.0. The van der Waals surface area contributed by atoms with Crippen LogP contribution in [0.3, 0.4) is 0 Å². The quantitative estimate of drug-likeness (QED) is 0.0195. The number of esters is 2. The number of unbranched alkanes of at least 4 members (excludes halogenated alkanes) is 14. The largest absolute Gasteiger partial charge is 0.545 e. The van der Waals surface area contributed by atoms with Gasteiger partial charge in [0.1, 0.15) is 13.2 Å². The van der Waals surface area contributed by atoms with Crippen LogP contribution in [0, 0.1) is 0 Å². The maximum Gasteiger partial charge on any atom is 0.306 e. The van der Waals surface area contributed by atoms with Gasteiger partial charge in [0.15, 0.2) is 12.4 Å². The van der Waals surface area contributed by atoms with Crippen LogP contribution in [-0.2, 0) is 33.3 Å². The van der Waals surface area contributed by atoms with E-state index in [0.29, 0.717) is 17.4 Å². The number of likely N-dealkylation sites (N-methyl/N-ethyl adjacent to an activating group) is 1. The average Bonchev–Trinajstić information content (AvgIpc) is 3.27. The van der Waals surface area contributed by atoms with Crippen molar-refractivity contribution in [2.75, 3.05) is 47.5 Å². The van der Waals surface area contributed by atoms with Gasteiger partial charge in [-0.1, -0.05) is 175 Å². The van der Waals surface area contributed by atoms with E-state index in [-0.39, 0.29) is 38.6 Å². The molecule has 0 aliphatic heterocycles. The molecule has 2 atom stereocenters. The fourth-order valence-electron chi connectivity index (χ4n) is 6.38. The molecule has 9 heteroatoms. The molecule has 0 aromatic carbocycles. The summed E-state index contributed by atoms with van der Waals surface area (Å²) in [5.41, 5.74) is 0. The number of hydrogen-bond acceptors (Lipinski definition) is 8. The minimum atomic E-state index is -1.63. The van der Waals surface area contributed by atoms with Crippen molar-refractivity contribution in [2.24, 2.45) is 0 Å². The van der Waals surface area contributed by atoms with E-state index in [9.17, 15) is 19.5 Å². The Bertz CT molecular complexity index is 1380. The summed E-state index contributed by atoms with van der Waals surface area (Å²) >= 11 is 0. The lowest BCUT2D eigenvalue weighted by Gasteiger charge is -2.26. The molecule has 0 spiro atoms. The van der Waals surface area contributed by atoms with Crippen LogP contribution in [0.1, 0.15) is 181 Å². The SMILES string of the molecule is CC/C=C\C/C=C\C/C=C\C/C=C\C/C=C\C/C=C\C/C=C\CCCCCCCCCC(=O)OC(COC(=O)CCCCCCC/C=C\CCCC)COC(OCC[N+](C)(C)C)C(=O)[O-]. The summed E-state index contributed by atoms with van der Waals surface area (Å²) in [6.07, 6.45) is 58.8. The number of carboxylic acid groups (broad SMARTS) is 1. The van der Waals surface area contributed by atoms with Crippen LogP contribution < -0.4 is 5.11 Å². The number of aliphatic carboxylic acids is 1. The van der Waals surface area contributed by atoms with E-state index in [0.717, 1.165) is 116 Å². The Morgan fingerprint density at radius 3 is 1.32 bits per heavy atom. The number of carbonyl (C=O) groups is 3. The van der Waals surface area contributed by atoms with Crippen molar-refractivity contribution < 1.29 is 42.9 Å². The predicted molar refractivity (Wildman–Crippen MR) is 269 cm³/mol. The maximum atomic E-state index is 12.8. The fourth-order valence-corrected chi connectivity index (χ4v) is 6.38. The van der Waals surface area contributed by atoms with E-state index in [4.69, 9.17) is 18.9 Å². The van der Waals surface area contributed by atoms with Crippen LogP contribution in [0.15, 0.2) is 97.2 Å². The summed E-state index contributed by atoms with van der Waals surface area (Å²) in [5, 5.41) is 11.7. The lowest BCUT2D eigenvalue weighted by Crippen LogP contribution is -2.44. The van der Waals surface area contributed by atoms with Gasteiger partial charge in [-0.05, 0) is 89.9 Å². The van der Waals surface area contributed by atoms with Crippen molar-refractivity contribution in [3.63, 3.8) is 0 Å². The maximum absolute atomic E-state index is 12.8. The highest BCUT2D eigenvalue weighted by Gasteiger charge is 2.21. The van der Waals surface area contributed by atoms with Gasteiger partial charge in [0.05, 0.1) is 40.3 Å². The Balaban J connectivity index is 4.31. The van der Waals surface area contributed by atoms with Crippen LogP contribution >= 0.6 is 0 Å². The van der Waals surface area contributed by atoms with Crippen LogP contribution in [-0.4, -0.2) is 82.3 Å². The molecule has 0 aliphatic rings. The van der Waals surface area contributed by atoms with E-state index >= 15 is 0 Å². The molecule has 0 radical (unpaired) electrons. The molecular formula is C56H93NO8. The van der Waals surface area contributed by atoms with Crippen LogP contribution in [0.2, 0.25) is 0 Å². The highest BCUT2D eigenvalue weighted by molar-refractivity contribution is 5.70. The molecule has 2 unspecified atom stereocenters. The fraction of sp³-hybridized carbons (Fsp3) is 0.661. The Morgan fingerprint density at radius 1 is 0.477 bits per heavy atom. The first-order valence-electron chi connectivity index (χ1n) is 25.4. The standard InChI is InChI=1S/C56H93NO8/c1-6-8-10-12-14-16-18-19-20-21-22-23-24-25-26-27-28-29-30-31-32-33-34-35-37-39-41-43-45-47-54(59)65-52(51-64-56(55(60)61)62-49-48-57(3,4)5)50-63-53(58)46-44-42-40-38-36-17-15-13-11-9-7-2/h8,10,13-16,19-20,22-23,25-26,28-29,31-32,52,56H,6-7,9,11-12,17-18,21,24,27,30,33-51H2,1-5H3/b10-8-,15-13-,16-14-,20-19-,23-22-,26-25-,29-28-,32-31-. The number of carbonyl (C=O) groups excluding carboxylic acids is 3. The minimum Gasteiger partial charge on any atom is -0.545 e. The number of nitrogens with zero attached hydrogens (tertiary/aromatic N) is 1. The second-order valence-electron chi connectivity index (χ2n) is 17.7. The van der Waals surface area contributed by atoms with Crippen molar-refractivity contribution in [1.29, 1.82) is 0 Å². The van der Waals surface area contributed by atoms with Gasteiger partial charge in [-0.15, -0.1) is 0 Å². The van der Waals surface area contributed by atoms with Gasteiger partial charge >= 0.3 is 11.9 Å². The zero-order valence-corrected chi connectivity index (χ0v) is 41.8. The number of rotatable bonds is 45. The first-order chi connectivity index (χ1) is 31.6. The molecule has 0 N–H and O–H groups in total. The van der Waals surface area contributed by atoms with E-state index in [1.807, 2.05) is 21.1 Å². The summed E-state index contributed by atoms with van der Waals surface area (Å²) in [4.78, 5) is 37.0. The topological polar surface area (TPSA) is 111 Å².